The van der Waals surface area contributed by atoms with Crippen molar-refractivity contribution in [2.45, 2.75) is 19.4 Å². The molecule has 0 saturated carbocycles. The summed E-state index contributed by atoms with van der Waals surface area (Å²) in [6.45, 7) is 5.73. The number of phenols is 1. The number of methoxy groups -OCH3 is 1. The molecule has 4 aromatic carbocycles. The van der Waals surface area contributed by atoms with E-state index in [1.165, 1.54) is 0 Å². The van der Waals surface area contributed by atoms with E-state index in [1.54, 1.807) is 25.3 Å². The van der Waals surface area contributed by atoms with Gasteiger partial charge in [-0.2, -0.15) is 0 Å². The van der Waals surface area contributed by atoms with Crippen LogP contribution in [-0.4, -0.2) is 31.3 Å². The van der Waals surface area contributed by atoms with Crippen molar-refractivity contribution in [1.29, 1.82) is 0 Å². The van der Waals surface area contributed by atoms with Gasteiger partial charge in [0.25, 0.3) is 0 Å². The maximum absolute atomic E-state index is 13.2. The number of fused-ring (bicyclic) bond motifs is 2. The van der Waals surface area contributed by atoms with E-state index in [4.69, 9.17) is 15.2 Å². The lowest BCUT2D eigenvalue weighted by Gasteiger charge is -2.33. The molecule has 6 nitrogen and oxygen atoms in total. The molecule has 0 bridgehead atoms. The summed E-state index contributed by atoms with van der Waals surface area (Å²) < 4.78 is 12.1. The van der Waals surface area contributed by atoms with Crippen LogP contribution >= 0.6 is 0 Å². The van der Waals surface area contributed by atoms with Crippen molar-refractivity contribution < 1.29 is 19.4 Å². The number of aromatic hydroxyl groups is 1. The lowest BCUT2D eigenvalue weighted by molar-refractivity contribution is 0.0244. The Labute approximate surface area is 204 Å². The quantitative estimate of drug-likeness (QED) is 0.289. The van der Waals surface area contributed by atoms with Gasteiger partial charge in [-0.25, -0.2) is 4.79 Å². The minimum Gasteiger partial charge on any atom is -0.507 e. The smallest absolute Gasteiger partial charge is 0.340 e. The number of nitrogens with two attached hydrogens (primary N) is 1. The molecule has 0 saturated heterocycles. The van der Waals surface area contributed by atoms with Gasteiger partial charge in [0.2, 0.25) is 0 Å². The fourth-order valence-electron chi connectivity index (χ4n) is 5.24. The van der Waals surface area contributed by atoms with Crippen LogP contribution in [0, 0.1) is 0 Å². The summed E-state index contributed by atoms with van der Waals surface area (Å²) in [5, 5.41) is 13.0. The van der Waals surface area contributed by atoms with E-state index in [9.17, 15) is 9.90 Å². The number of nitrogens with zero attached hydrogens (tertiary/aromatic N) is 1. The Bertz CT molecular complexity index is 1440. The first-order chi connectivity index (χ1) is 17.0. The first-order valence-corrected chi connectivity index (χ1v) is 11.7. The number of carbonyl (C=O) groups is 1. The molecule has 35 heavy (non-hydrogen) atoms. The number of ether oxygens (including phenoxy) is 2. The highest BCUT2D eigenvalue weighted by atomic mass is 16.6. The summed E-state index contributed by atoms with van der Waals surface area (Å²) in [6, 6.07) is 22.1. The first kappa shape index (κ1) is 22.6. The molecule has 3 N–H and O–H groups in total. The van der Waals surface area contributed by atoms with Crippen molar-refractivity contribution in [3.05, 3.63) is 95.1 Å². The summed E-state index contributed by atoms with van der Waals surface area (Å²) in [5.41, 5.74) is 8.55. The Hall–Kier alpha value is -4.19. The van der Waals surface area contributed by atoms with Crippen molar-refractivity contribution in [3.63, 3.8) is 0 Å². The number of rotatable bonds is 6. The molecule has 0 aromatic heterocycles. The van der Waals surface area contributed by atoms with Crippen LogP contribution in [0.1, 0.15) is 40.9 Å². The summed E-state index contributed by atoms with van der Waals surface area (Å²) in [5.74, 6) is 0.0949. The van der Waals surface area contributed by atoms with Crippen LogP contribution in [-0.2, 0) is 10.3 Å². The molecule has 4 aromatic rings. The Kier molecular flexibility index (Phi) is 5.52. The van der Waals surface area contributed by atoms with Gasteiger partial charge in [0.15, 0.2) is 5.60 Å². The number of hydrogen-bond acceptors (Lipinski definition) is 6. The zero-order valence-corrected chi connectivity index (χ0v) is 20.0. The number of carbonyl (C=O) groups excluding carboxylic acids is 1. The number of esters is 1. The van der Waals surface area contributed by atoms with Gasteiger partial charge >= 0.3 is 5.97 Å². The van der Waals surface area contributed by atoms with E-state index in [2.05, 4.69) is 18.7 Å². The number of phenolic OH excluding ortho intramolecular Hbond substituents is 1. The minimum absolute atomic E-state index is 0.0295. The standard InChI is InChI=1S/C29H28N2O4/c1-4-31(5-2)18-13-15-23(25(32)17-18)29(22-11-7-6-9-21(22)28(33)35-29)27-20-10-8-12-24(30)19(20)14-16-26(27)34-3/h6-17,32H,4-5,30H2,1-3H3. The maximum atomic E-state index is 13.2. The van der Waals surface area contributed by atoms with Gasteiger partial charge in [0.1, 0.15) is 11.5 Å². The normalized spacial score (nSPS) is 16.7. The molecule has 178 valence electrons. The maximum Gasteiger partial charge on any atom is 0.340 e. The molecule has 0 spiro atoms. The predicted molar refractivity (Wildman–Crippen MR) is 138 cm³/mol. The largest absolute Gasteiger partial charge is 0.507 e. The van der Waals surface area contributed by atoms with Crippen LogP contribution in [0.15, 0.2) is 72.8 Å². The zero-order valence-electron chi connectivity index (χ0n) is 20.0. The van der Waals surface area contributed by atoms with Crippen LogP contribution in [0.3, 0.4) is 0 Å². The Balaban J connectivity index is 1.91. The van der Waals surface area contributed by atoms with Crippen LogP contribution in [0.5, 0.6) is 11.5 Å². The molecule has 6 heteroatoms. The second kappa shape index (κ2) is 8.55. The van der Waals surface area contributed by atoms with Gasteiger partial charge in [0.05, 0.1) is 18.2 Å². The van der Waals surface area contributed by atoms with Crippen molar-refractivity contribution in [3.8, 4) is 11.5 Å². The minimum atomic E-state index is -1.43. The number of cyclic esters (lactones) is 1. The molecule has 5 rings (SSSR count). The zero-order chi connectivity index (χ0) is 24.7. The van der Waals surface area contributed by atoms with Gasteiger partial charge in [-0.3, -0.25) is 0 Å². The van der Waals surface area contributed by atoms with Crippen molar-refractivity contribution in [2.24, 2.45) is 0 Å². The molecular formula is C29H28N2O4. The van der Waals surface area contributed by atoms with Crippen LogP contribution in [0.25, 0.3) is 10.8 Å². The third-order valence-electron chi connectivity index (χ3n) is 6.89. The van der Waals surface area contributed by atoms with Crippen LogP contribution in [0.4, 0.5) is 11.4 Å². The highest BCUT2D eigenvalue weighted by Gasteiger charge is 2.52. The molecule has 0 radical (unpaired) electrons. The van der Waals surface area contributed by atoms with Crippen molar-refractivity contribution in [2.75, 3.05) is 30.8 Å². The number of benzene rings is 4. The van der Waals surface area contributed by atoms with Crippen LogP contribution in [0.2, 0.25) is 0 Å². The summed E-state index contributed by atoms with van der Waals surface area (Å²) in [7, 11) is 1.58. The highest BCUT2D eigenvalue weighted by Crippen LogP contribution is 2.54. The second-order valence-corrected chi connectivity index (χ2v) is 8.58. The molecule has 0 amide bonds. The topological polar surface area (TPSA) is 85.0 Å². The third-order valence-corrected chi connectivity index (χ3v) is 6.89. The van der Waals surface area contributed by atoms with Gasteiger partial charge in [-0.15, -0.1) is 0 Å². The van der Waals surface area contributed by atoms with Crippen molar-refractivity contribution >= 4 is 28.1 Å². The number of anilines is 2. The lowest BCUT2D eigenvalue weighted by Crippen LogP contribution is -2.31. The van der Waals surface area contributed by atoms with E-state index < -0.39 is 11.6 Å². The van der Waals surface area contributed by atoms with E-state index in [-0.39, 0.29) is 5.75 Å². The highest BCUT2D eigenvalue weighted by molar-refractivity contribution is 6.01. The number of hydrogen-bond donors (Lipinski definition) is 2. The molecule has 1 aliphatic heterocycles. The second-order valence-electron chi connectivity index (χ2n) is 8.58. The van der Waals surface area contributed by atoms with E-state index in [0.29, 0.717) is 33.7 Å². The Morgan fingerprint density at radius 1 is 0.943 bits per heavy atom. The fraction of sp³-hybridized carbons (Fsp3) is 0.207. The molecule has 0 aliphatic carbocycles. The first-order valence-electron chi connectivity index (χ1n) is 11.7. The molecule has 1 aliphatic rings. The molecule has 0 fully saturated rings. The van der Waals surface area contributed by atoms with E-state index in [0.717, 1.165) is 29.5 Å². The molecule has 1 unspecified atom stereocenters. The van der Waals surface area contributed by atoms with Gasteiger partial charge in [0, 0.05) is 47.0 Å². The average molecular weight is 469 g/mol. The fourth-order valence-corrected chi connectivity index (χ4v) is 5.24. The van der Waals surface area contributed by atoms with Gasteiger partial charge in [-0.05, 0) is 55.6 Å². The monoisotopic (exact) mass is 468 g/mol. The van der Waals surface area contributed by atoms with Gasteiger partial charge < -0.3 is 25.2 Å². The summed E-state index contributed by atoms with van der Waals surface area (Å²) in [4.78, 5) is 15.4. The Morgan fingerprint density at radius 2 is 1.71 bits per heavy atom. The van der Waals surface area contributed by atoms with Gasteiger partial charge in [-0.1, -0.05) is 30.3 Å². The molecule has 1 heterocycles. The lowest BCUT2D eigenvalue weighted by atomic mass is 9.77. The SMILES string of the molecule is CCN(CC)c1ccc(C2(c3c(OC)ccc4c(N)cccc34)OC(=O)c3ccccc32)c(O)c1. The summed E-state index contributed by atoms with van der Waals surface area (Å²) in [6.07, 6.45) is 0. The van der Waals surface area contributed by atoms with E-state index in [1.807, 2.05) is 54.6 Å². The number of nitrogen functional groups attached to an aromatic ring is 1. The van der Waals surface area contributed by atoms with E-state index >= 15 is 0 Å². The third kappa shape index (κ3) is 3.28. The van der Waals surface area contributed by atoms with Crippen LogP contribution < -0.4 is 15.4 Å². The summed E-state index contributed by atoms with van der Waals surface area (Å²) >= 11 is 0. The van der Waals surface area contributed by atoms with Crippen molar-refractivity contribution in [1.82, 2.24) is 0 Å². The Morgan fingerprint density at radius 3 is 2.43 bits per heavy atom. The molecular weight excluding hydrogens is 440 g/mol. The predicted octanol–water partition coefficient (Wildman–Crippen LogP) is 5.44. The molecule has 1 atom stereocenters. The average Bonchev–Trinajstić information content (AvgIpc) is 3.17.